The molecule has 2 unspecified atom stereocenters. The van der Waals surface area contributed by atoms with Gasteiger partial charge < -0.3 is 5.73 Å². The Labute approximate surface area is 125 Å². The van der Waals surface area contributed by atoms with Gasteiger partial charge in [-0.1, -0.05) is 54.1 Å². The van der Waals surface area contributed by atoms with Crippen molar-refractivity contribution in [1.29, 1.82) is 0 Å². The number of fused-ring (bicyclic) bond motifs is 1. The minimum atomic E-state index is 0.0317. The lowest BCUT2D eigenvalue weighted by Crippen LogP contribution is -2.36. The molecule has 0 radical (unpaired) electrons. The molecule has 1 aliphatic heterocycles. The van der Waals surface area contributed by atoms with Crippen LogP contribution in [0.3, 0.4) is 0 Å². The minimum absolute atomic E-state index is 0.0317. The van der Waals surface area contributed by atoms with Crippen LogP contribution in [0.15, 0.2) is 48.5 Å². The first-order valence-electron chi connectivity index (χ1n) is 6.97. The Kier molecular flexibility index (Phi) is 3.79. The highest BCUT2D eigenvalue weighted by Gasteiger charge is 2.30. The van der Waals surface area contributed by atoms with E-state index in [1.165, 1.54) is 11.1 Å². The first-order valence-corrected chi connectivity index (χ1v) is 7.35. The van der Waals surface area contributed by atoms with Crippen LogP contribution >= 0.6 is 11.6 Å². The second-order valence-corrected chi connectivity index (χ2v) is 5.91. The van der Waals surface area contributed by atoms with Crippen molar-refractivity contribution in [3.05, 3.63) is 70.2 Å². The largest absolute Gasteiger partial charge is 0.326 e. The summed E-state index contributed by atoms with van der Waals surface area (Å²) in [6, 6.07) is 16.8. The van der Waals surface area contributed by atoms with Crippen LogP contribution in [0.25, 0.3) is 0 Å². The Balaban J connectivity index is 1.93. The summed E-state index contributed by atoms with van der Waals surface area (Å²) in [5, 5.41) is 0.797. The maximum atomic E-state index is 6.37. The molecule has 1 aliphatic rings. The van der Waals surface area contributed by atoms with Crippen molar-refractivity contribution in [1.82, 2.24) is 4.90 Å². The van der Waals surface area contributed by atoms with E-state index in [0.717, 1.165) is 23.7 Å². The summed E-state index contributed by atoms with van der Waals surface area (Å²) < 4.78 is 0. The standard InChI is InChI=1S/C17H19ClN2/c1-12(19)17(15-8-4-5-9-16(15)18)20-10-13-6-2-3-7-14(13)11-20/h2-9,12,17H,10-11,19H2,1H3. The van der Waals surface area contributed by atoms with E-state index in [4.69, 9.17) is 17.3 Å². The number of rotatable bonds is 3. The molecule has 0 aromatic heterocycles. The van der Waals surface area contributed by atoms with E-state index in [9.17, 15) is 0 Å². The molecule has 2 aromatic rings. The maximum absolute atomic E-state index is 6.37. The van der Waals surface area contributed by atoms with Crippen LogP contribution < -0.4 is 5.73 Å². The van der Waals surface area contributed by atoms with Gasteiger partial charge in [0.25, 0.3) is 0 Å². The fourth-order valence-electron chi connectivity index (χ4n) is 3.08. The molecule has 2 atom stereocenters. The van der Waals surface area contributed by atoms with E-state index in [-0.39, 0.29) is 12.1 Å². The zero-order chi connectivity index (χ0) is 14.1. The molecule has 2 nitrogen and oxygen atoms in total. The molecule has 0 amide bonds. The van der Waals surface area contributed by atoms with Crippen LogP contribution in [-0.4, -0.2) is 10.9 Å². The molecular weight excluding hydrogens is 268 g/mol. The van der Waals surface area contributed by atoms with Gasteiger partial charge in [-0.25, -0.2) is 0 Å². The summed E-state index contributed by atoms with van der Waals surface area (Å²) in [6.45, 7) is 3.93. The molecule has 2 aromatic carbocycles. The smallest absolute Gasteiger partial charge is 0.0518 e. The normalized spacial score (nSPS) is 17.8. The van der Waals surface area contributed by atoms with Gasteiger partial charge in [0.2, 0.25) is 0 Å². The van der Waals surface area contributed by atoms with E-state index in [1.54, 1.807) is 0 Å². The molecule has 0 aliphatic carbocycles. The first-order chi connectivity index (χ1) is 9.66. The molecule has 3 rings (SSSR count). The van der Waals surface area contributed by atoms with Crippen LogP contribution in [0.4, 0.5) is 0 Å². The average Bonchev–Trinajstić information content (AvgIpc) is 2.84. The zero-order valence-electron chi connectivity index (χ0n) is 11.6. The maximum Gasteiger partial charge on any atom is 0.0518 e. The van der Waals surface area contributed by atoms with Crippen LogP contribution in [0, 0.1) is 0 Å². The average molecular weight is 287 g/mol. The van der Waals surface area contributed by atoms with E-state index in [1.807, 2.05) is 18.2 Å². The van der Waals surface area contributed by atoms with Gasteiger partial charge in [-0.05, 0) is 29.7 Å². The van der Waals surface area contributed by atoms with Crippen LogP contribution in [-0.2, 0) is 13.1 Å². The third-order valence-corrected chi connectivity index (χ3v) is 4.32. The van der Waals surface area contributed by atoms with Crippen LogP contribution in [0.5, 0.6) is 0 Å². The Morgan fingerprint density at radius 2 is 1.55 bits per heavy atom. The zero-order valence-corrected chi connectivity index (χ0v) is 12.3. The van der Waals surface area contributed by atoms with Crippen LogP contribution in [0.2, 0.25) is 5.02 Å². The fraction of sp³-hybridized carbons (Fsp3) is 0.294. The molecule has 0 fully saturated rings. The number of benzene rings is 2. The van der Waals surface area contributed by atoms with Crippen molar-refractivity contribution in [2.24, 2.45) is 5.73 Å². The Bertz CT molecular complexity index is 584. The van der Waals surface area contributed by atoms with Crippen molar-refractivity contribution in [2.75, 3.05) is 0 Å². The summed E-state index contributed by atoms with van der Waals surface area (Å²) in [5.41, 5.74) is 10.2. The second kappa shape index (κ2) is 5.57. The van der Waals surface area contributed by atoms with Gasteiger partial charge in [-0.15, -0.1) is 0 Å². The van der Waals surface area contributed by atoms with Crippen molar-refractivity contribution in [3.63, 3.8) is 0 Å². The van der Waals surface area contributed by atoms with E-state index < -0.39 is 0 Å². The highest BCUT2D eigenvalue weighted by atomic mass is 35.5. The summed E-state index contributed by atoms with van der Waals surface area (Å²) in [5.74, 6) is 0. The van der Waals surface area contributed by atoms with Crippen LogP contribution in [0.1, 0.15) is 29.7 Å². The van der Waals surface area contributed by atoms with Gasteiger partial charge in [0.05, 0.1) is 6.04 Å². The van der Waals surface area contributed by atoms with E-state index in [2.05, 4.69) is 42.2 Å². The fourth-order valence-corrected chi connectivity index (χ4v) is 3.33. The van der Waals surface area contributed by atoms with Gasteiger partial charge in [0.1, 0.15) is 0 Å². The Hall–Kier alpha value is -1.35. The Morgan fingerprint density at radius 1 is 1.00 bits per heavy atom. The van der Waals surface area contributed by atoms with Crippen molar-refractivity contribution in [2.45, 2.75) is 32.1 Å². The molecule has 0 bridgehead atoms. The predicted octanol–water partition coefficient (Wildman–Crippen LogP) is 3.74. The molecule has 104 valence electrons. The molecule has 20 heavy (non-hydrogen) atoms. The lowest BCUT2D eigenvalue weighted by Gasteiger charge is -2.31. The molecule has 0 saturated carbocycles. The topological polar surface area (TPSA) is 29.3 Å². The van der Waals surface area contributed by atoms with E-state index >= 15 is 0 Å². The lowest BCUT2D eigenvalue weighted by molar-refractivity contribution is 0.178. The molecular formula is C17H19ClN2. The lowest BCUT2D eigenvalue weighted by atomic mass is 9.99. The number of hydrogen-bond donors (Lipinski definition) is 1. The third kappa shape index (κ3) is 2.47. The first kappa shape index (κ1) is 13.6. The number of halogens is 1. The Morgan fingerprint density at radius 3 is 2.10 bits per heavy atom. The second-order valence-electron chi connectivity index (χ2n) is 5.50. The monoisotopic (exact) mass is 286 g/mol. The van der Waals surface area contributed by atoms with Gasteiger partial charge in [-0.3, -0.25) is 4.90 Å². The van der Waals surface area contributed by atoms with Crippen molar-refractivity contribution < 1.29 is 0 Å². The molecule has 3 heteroatoms. The number of nitrogens with zero attached hydrogens (tertiary/aromatic N) is 1. The summed E-state index contributed by atoms with van der Waals surface area (Å²) in [4.78, 5) is 2.41. The van der Waals surface area contributed by atoms with Gasteiger partial charge in [-0.2, -0.15) is 0 Å². The minimum Gasteiger partial charge on any atom is -0.326 e. The number of hydrogen-bond acceptors (Lipinski definition) is 2. The summed E-state index contributed by atoms with van der Waals surface area (Å²) >= 11 is 6.37. The van der Waals surface area contributed by atoms with E-state index in [0.29, 0.717) is 0 Å². The molecule has 0 spiro atoms. The highest BCUT2D eigenvalue weighted by Crippen LogP contribution is 2.35. The summed E-state index contributed by atoms with van der Waals surface area (Å²) in [7, 11) is 0. The van der Waals surface area contributed by atoms with Crippen molar-refractivity contribution >= 4 is 11.6 Å². The molecule has 0 saturated heterocycles. The molecule has 1 heterocycles. The van der Waals surface area contributed by atoms with Gasteiger partial charge >= 0.3 is 0 Å². The van der Waals surface area contributed by atoms with Gasteiger partial charge in [0.15, 0.2) is 0 Å². The van der Waals surface area contributed by atoms with Crippen molar-refractivity contribution in [3.8, 4) is 0 Å². The highest BCUT2D eigenvalue weighted by molar-refractivity contribution is 6.31. The number of nitrogens with two attached hydrogens (primary N) is 1. The molecule has 2 N–H and O–H groups in total. The predicted molar refractivity (Wildman–Crippen MR) is 83.5 cm³/mol. The quantitative estimate of drug-likeness (QED) is 0.931. The SMILES string of the molecule is CC(N)C(c1ccccc1Cl)N1Cc2ccccc2C1. The third-order valence-electron chi connectivity index (χ3n) is 3.98. The summed E-state index contributed by atoms with van der Waals surface area (Å²) in [6.07, 6.45) is 0. The van der Waals surface area contributed by atoms with Gasteiger partial charge in [0, 0.05) is 24.2 Å².